The molecule has 110 valence electrons. The van der Waals surface area contributed by atoms with Crippen LogP contribution in [0.4, 0.5) is 20.6 Å². The summed E-state index contributed by atoms with van der Waals surface area (Å²) in [6, 6.07) is 13.4. The molecule has 0 saturated carbocycles. The van der Waals surface area contributed by atoms with E-state index in [1.807, 2.05) is 25.1 Å². The van der Waals surface area contributed by atoms with Crippen LogP contribution in [0.5, 0.6) is 0 Å². The van der Waals surface area contributed by atoms with Gasteiger partial charge in [-0.15, -0.1) is 0 Å². The predicted molar refractivity (Wildman–Crippen MR) is 82.8 cm³/mol. The smallest absolute Gasteiger partial charge is 0.316 e. The molecule has 0 saturated heterocycles. The number of anilines is 2. The van der Waals surface area contributed by atoms with Crippen LogP contribution in [0.15, 0.2) is 48.5 Å². The van der Waals surface area contributed by atoms with E-state index in [1.54, 1.807) is 18.2 Å². The third-order valence-electron chi connectivity index (χ3n) is 2.97. The number of halogens is 1. The van der Waals surface area contributed by atoms with E-state index in [0.29, 0.717) is 12.1 Å². The minimum Gasteiger partial charge on any atom is -0.382 e. The lowest BCUT2D eigenvalue weighted by atomic mass is 10.1. The number of benzene rings is 2. The average Bonchev–Trinajstić information content (AvgIpc) is 2.37. The predicted octanol–water partition coefficient (Wildman–Crippen LogP) is 3.36. The summed E-state index contributed by atoms with van der Waals surface area (Å²) < 4.78 is 13.1. The van der Waals surface area contributed by atoms with Gasteiger partial charge in [0.25, 0.3) is 0 Å². The maximum absolute atomic E-state index is 13.1. The Morgan fingerprint density at radius 1 is 1.19 bits per heavy atom. The molecule has 4 nitrogen and oxygen atoms in total. The van der Waals surface area contributed by atoms with E-state index in [1.165, 1.54) is 12.1 Å². The zero-order chi connectivity index (χ0) is 15.2. The number of amides is 2. The standard InChI is InChI=1S/C16H18FN3O/c1-11(8-12-4-2-5-13(17)9-12)19-14-6-3-7-15(10-14)20-16(18)21/h2-7,9-11,19H,8H2,1H3,(H3,18,20,21). The van der Waals surface area contributed by atoms with Crippen LogP contribution >= 0.6 is 0 Å². The number of nitrogens with one attached hydrogen (secondary N) is 2. The van der Waals surface area contributed by atoms with Crippen LogP contribution < -0.4 is 16.4 Å². The summed E-state index contributed by atoms with van der Waals surface area (Å²) in [7, 11) is 0. The first kappa shape index (κ1) is 14.8. The molecule has 2 aromatic rings. The van der Waals surface area contributed by atoms with Crippen molar-refractivity contribution in [2.45, 2.75) is 19.4 Å². The van der Waals surface area contributed by atoms with Gasteiger partial charge >= 0.3 is 6.03 Å². The van der Waals surface area contributed by atoms with Gasteiger partial charge in [-0.25, -0.2) is 9.18 Å². The number of carbonyl (C=O) groups excluding carboxylic acids is 1. The molecule has 5 heteroatoms. The van der Waals surface area contributed by atoms with Crippen molar-refractivity contribution in [3.63, 3.8) is 0 Å². The molecule has 0 heterocycles. The number of hydrogen-bond donors (Lipinski definition) is 3. The van der Waals surface area contributed by atoms with E-state index in [0.717, 1.165) is 11.3 Å². The maximum atomic E-state index is 13.1. The van der Waals surface area contributed by atoms with Crippen molar-refractivity contribution in [2.75, 3.05) is 10.6 Å². The van der Waals surface area contributed by atoms with Crippen molar-refractivity contribution in [3.8, 4) is 0 Å². The molecule has 0 bridgehead atoms. The van der Waals surface area contributed by atoms with Crippen LogP contribution in [-0.2, 0) is 6.42 Å². The highest BCUT2D eigenvalue weighted by atomic mass is 19.1. The van der Waals surface area contributed by atoms with Gasteiger partial charge in [0, 0.05) is 17.4 Å². The van der Waals surface area contributed by atoms with Gasteiger partial charge in [-0.2, -0.15) is 0 Å². The number of primary amides is 1. The van der Waals surface area contributed by atoms with E-state index < -0.39 is 6.03 Å². The van der Waals surface area contributed by atoms with Crippen LogP contribution in [0.3, 0.4) is 0 Å². The molecule has 0 aromatic heterocycles. The van der Waals surface area contributed by atoms with E-state index in [9.17, 15) is 9.18 Å². The number of carbonyl (C=O) groups is 1. The second-order valence-corrected chi connectivity index (χ2v) is 4.95. The molecule has 0 spiro atoms. The van der Waals surface area contributed by atoms with Crippen LogP contribution in [0.1, 0.15) is 12.5 Å². The van der Waals surface area contributed by atoms with E-state index in [-0.39, 0.29) is 11.9 Å². The van der Waals surface area contributed by atoms with Crippen molar-refractivity contribution in [1.82, 2.24) is 0 Å². The molecule has 1 atom stereocenters. The van der Waals surface area contributed by atoms with Crippen molar-refractivity contribution < 1.29 is 9.18 Å². The van der Waals surface area contributed by atoms with Crippen molar-refractivity contribution in [2.24, 2.45) is 5.73 Å². The molecule has 2 rings (SSSR count). The summed E-state index contributed by atoms with van der Waals surface area (Å²) >= 11 is 0. The SMILES string of the molecule is CC(Cc1cccc(F)c1)Nc1cccc(NC(N)=O)c1. The second-order valence-electron chi connectivity index (χ2n) is 4.95. The molecular weight excluding hydrogens is 269 g/mol. The Morgan fingerprint density at radius 2 is 1.90 bits per heavy atom. The monoisotopic (exact) mass is 287 g/mol. The van der Waals surface area contributed by atoms with E-state index >= 15 is 0 Å². The van der Waals surface area contributed by atoms with Gasteiger partial charge in [0.1, 0.15) is 5.82 Å². The fraction of sp³-hybridized carbons (Fsp3) is 0.188. The maximum Gasteiger partial charge on any atom is 0.316 e. The first-order valence-electron chi connectivity index (χ1n) is 6.70. The highest BCUT2D eigenvalue weighted by Gasteiger charge is 2.05. The summed E-state index contributed by atoms with van der Waals surface area (Å²) in [4.78, 5) is 10.8. The van der Waals surface area contributed by atoms with Gasteiger partial charge in [-0.1, -0.05) is 18.2 Å². The molecule has 4 N–H and O–H groups in total. The quantitative estimate of drug-likeness (QED) is 0.789. The first-order valence-corrected chi connectivity index (χ1v) is 6.70. The largest absolute Gasteiger partial charge is 0.382 e. The Kier molecular flexibility index (Phi) is 4.77. The van der Waals surface area contributed by atoms with Crippen molar-refractivity contribution in [1.29, 1.82) is 0 Å². The van der Waals surface area contributed by atoms with E-state index in [4.69, 9.17) is 5.73 Å². The summed E-state index contributed by atoms with van der Waals surface area (Å²) in [5.41, 5.74) is 7.51. The second kappa shape index (κ2) is 6.74. The summed E-state index contributed by atoms with van der Waals surface area (Å²) in [5.74, 6) is -0.229. The minimum atomic E-state index is -0.597. The van der Waals surface area contributed by atoms with Gasteiger partial charge in [0.2, 0.25) is 0 Å². The van der Waals surface area contributed by atoms with Gasteiger partial charge in [0.05, 0.1) is 0 Å². The molecule has 1 unspecified atom stereocenters. The molecule has 2 amide bonds. The van der Waals surface area contributed by atoms with Crippen LogP contribution in [0, 0.1) is 5.82 Å². The van der Waals surface area contributed by atoms with Gasteiger partial charge in [-0.3, -0.25) is 0 Å². The summed E-state index contributed by atoms with van der Waals surface area (Å²) in [6.45, 7) is 2.01. The molecule has 0 fully saturated rings. The van der Waals surface area contributed by atoms with Gasteiger partial charge < -0.3 is 16.4 Å². The van der Waals surface area contributed by atoms with Crippen LogP contribution in [0.25, 0.3) is 0 Å². The third kappa shape index (κ3) is 4.80. The number of urea groups is 1. The molecule has 21 heavy (non-hydrogen) atoms. The number of rotatable bonds is 5. The summed E-state index contributed by atoms with van der Waals surface area (Å²) in [6.07, 6.45) is 0.700. The van der Waals surface area contributed by atoms with Gasteiger partial charge in [-0.05, 0) is 49.2 Å². The Bertz CT molecular complexity index is 630. The first-order chi connectivity index (χ1) is 10.0. The topological polar surface area (TPSA) is 67.2 Å². The average molecular weight is 287 g/mol. The van der Waals surface area contributed by atoms with E-state index in [2.05, 4.69) is 10.6 Å². The Labute approximate surface area is 123 Å². The minimum absolute atomic E-state index is 0.121. The fourth-order valence-electron chi connectivity index (χ4n) is 2.18. The highest BCUT2D eigenvalue weighted by Crippen LogP contribution is 2.17. The molecular formula is C16H18FN3O. The molecule has 0 aliphatic heterocycles. The highest BCUT2D eigenvalue weighted by molar-refractivity contribution is 5.88. The Balaban J connectivity index is 1.99. The molecule has 2 aromatic carbocycles. The number of nitrogens with two attached hydrogens (primary N) is 1. The molecule has 0 aliphatic rings. The third-order valence-corrected chi connectivity index (χ3v) is 2.97. The summed E-state index contributed by atoms with van der Waals surface area (Å²) in [5, 5.41) is 5.83. The number of hydrogen-bond acceptors (Lipinski definition) is 2. The lowest BCUT2D eigenvalue weighted by Gasteiger charge is -2.16. The fourth-order valence-corrected chi connectivity index (χ4v) is 2.18. The molecule has 0 aliphatic carbocycles. The normalized spacial score (nSPS) is 11.7. The van der Waals surface area contributed by atoms with Crippen LogP contribution in [0.2, 0.25) is 0 Å². The zero-order valence-corrected chi connectivity index (χ0v) is 11.8. The Hall–Kier alpha value is -2.56. The van der Waals surface area contributed by atoms with Crippen molar-refractivity contribution >= 4 is 17.4 Å². The van der Waals surface area contributed by atoms with Crippen molar-refractivity contribution in [3.05, 3.63) is 59.9 Å². The van der Waals surface area contributed by atoms with Crippen LogP contribution in [-0.4, -0.2) is 12.1 Å². The zero-order valence-electron chi connectivity index (χ0n) is 11.8. The lowest BCUT2D eigenvalue weighted by molar-refractivity contribution is 0.259. The lowest BCUT2D eigenvalue weighted by Crippen LogP contribution is -2.20. The Morgan fingerprint density at radius 3 is 2.62 bits per heavy atom. The van der Waals surface area contributed by atoms with Gasteiger partial charge in [0.15, 0.2) is 0 Å². The molecule has 0 radical (unpaired) electrons.